The zero-order chi connectivity index (χ0) is 62.8. The van der Waals surface area contributed by atoms with E-state index in [9.17, 15) is 25.5 Å². The molecule has 13 heteroatoms. The summed E-state index contributed by atoms with van der Waals surface area (Å²) in [7, 11) is 1.73. The number of fused-ring (bicyclic) bond motifs is 6. The minimum atomic E-state index is -1.09. The molecule has 13 nitrogen and oxygen atoms in total. The van der Waals surface area contributed by atoms with Crippen LogP contribution >= 0.6 is 0 Å². The lowest BCUT2D eigenvalue weighted by molar-refractivity contribution is -0.212. The topological polar surface area (TPSA) is 181 Å². The second-order valence-corrected chi connectivity index (χ2v) is 31.2. The summed E-state index contributed by atoms with van der Waals surface area (Å²) in [5, 5.41) is 71.2. The van der Waals surface area contributed by atoms with E-state index >= 15 is 0 Å². The van der Waals surface area contributed by atoms with Crippen molar-refractivity contribution >= 4 is 10.8 Å². The highest BCUT2D eigenvalue weighted by Crippen LogP contribution is 2.84. The summed E-state index contributed by atoms with van der Waals surface area (Å²) in [6.07, 6.45) is 27.7. The van der Waals surface area contributed by atoms with Gasteiger partial charge in [-0.05, 0) is 220 Å². The van der Waals surface area contributed by atoms with Gasteiger partial charge in [0.05, 0.1) is 54.2 Å². The number of rotatable bonds is 11. The first-order valence-corrected chi connectivity index (χ1v) is 36.0. The molecule has 0 aromatic heterocycles. The number of nitrogens with one attached hydrogen (secondary N) is 2. The van der Waals surface area contributed by atoms with Crippen molar-refractivity contribution in [2.75, 3.05) is 33.5 Å². The van der Waals surface area contributed by atoms with Gasteiger partial charge in [-0.2, -0.15) is 0 Å². The van der Waals surface area contributed by atoms with Gasteiger partial charge in [0.15, 0.2) is 0 Å². The van der Waals surface area contributed by atoms with Crippen LogP contribution in [-0.2, 0) is 22.3 Å². The molecule has 4 heterocycles. The first-order chi connectivity index (χ1) is 45.4. The molecule has 0 radical (unpaired) electrons. The van der Waals surface area contributed by atoms with Crippen LogP contribution in [0.5, 0.6) is 40.2 Å². The predicted molar refractivity (Wildman–Crippen MR) is 354 cm³/mol. The molecule has 18 unspecified atom stereocenters. The van der Waals surface area contributed by atoms with Gasteiger partial charge in [0.2, 0.25) is 0 Å². The summed E-state index contributed by atoms with van der Waals surface area (Å²) in [6.45, 7) is 3.45. The lowest BCUT2D eigenvalue weighted by atomic mass is 9.50. The molecule has 15 aliphatic rings. The molecule has 8 fully saturated rings. The van der Waals surface area contributed by atoms with Gasteiger partial charge < -0.3 is 54.0 Å². The SMILES string of the molecule is CCc1cc(-c2cccc(O)c2)c(Cc2cc(OC3CCCC3)cc3c2OCC(C2C(CCCOC)Oc4c5cc(c6cc(O)ccc46)OCC#CC4CNC6(CC7(CCCC7)C78CCC9%10CCCC9CC(C=CC%107)C68)NC46C4C=CC(C(O)C4)C6OC52)C3O)cc1O. The summed E-state index contributed by atoms with van der Waals surface area (Å²) in [5.41, 5.74) is 5.24. The Kier molecular flexibility index (Phi) is 14.1. The second-order valence-electron chi connectivity index (χ2n) is 31.2. The van der Waals surface area contributed by atoms with Gasteiger partial charge in [-0.25, -0.2) is 0 Å². The maximum absolute atomic E-state index is 13.9. The van der Waals surface area contributed by atoms with Crippen LogP contribution in [0.4, 0.5) is 0 Å². The van der Waals surface area contributed by atoms with Crippen LogP contribution in [0.15, 0.2) is 97.1 Å². The molecular weight excluding hydrogens is 1160 g/mol. The van der Waals surface area contributed by atoms with Gasteiger partial charge in [0.25, 0.3) is 0 Å². The van der Waals surface area contributed by atoms with Crippen LogP contribution in [0.1, 0.15) is 163 Å². The minimum Gasteiger partial charge on any atom is -0.508 e. The van der Waals surface area contributed by atoms with Crippen molar-refractivity contribution in [1.29, 1.82) is 0 Å². The maximum atomic E-state index is 13.9. The Morgan fingerprint density at radius 1 is 0.774 bits per heavy atom. The van der Waals surface area contributed by atoms with E-state index in [0.717, 1.165) is 76.8 Å². The number of ether oxygens (including phenoxy) is 6. The van der Waals surface area contributed by atoms with Gasteiger partial charge in [-0.15, -0.1) is 0 Å². The highest BCUT2D eigenvalue weighted by molar-refractivity contribution is 5.96. The van der Waals surface area contributed by atoms with Gasteiger partial charge in [0, 0.05) is 83.7 Å². The molecule has 5 aromatic rings. The molecular formula is C80H92N2O11. The number of hydrogen-bond acceptors (Lipinski definition) is 13. The lowest BCUT2D eigenvalue weighted by Crippen LogP contribution is -2.83. The van der Waals surface area contributed by atoms with Crippen LogP contribution in [0.3, 0.4) is 0 Å². The van der Waals surface area contributed by atoms with Crippen molar-refractivity contribution in [1.82, 2.24) is 10.6 Å². The second kappa shape index (κ2) is 22.2. The van der Waals surface area contributed by atoms with E-state index in [-0.39, 0.29) is 65.1 Å². The van der Waals surface area contributed by atoms with Crippen molar-refractivity contribution in [2.45, 2.75) is 183 Å². The van der Waals surface area contributed by atoms with Crippen LogP contribution in [-0.4, -0.2) is 94.6 Å². The molecule has 5 spiro atoms. The van der Waals surface area contributed by atoms with Crippen LogP contribution in [0.2, 0.25) is 0 Å². The average molecular weight is 1260 g/mol. The third kappa shape index (κ3) is 8.71. The molecule has 488 valence electrons. The van der Waals surface area contributed by atoms with E-state index < -0.39 is 53.6 Å². The number of aromatic hydroxyl groups is 3. The number of phenols is 3. The average Bonchev–Trinajstić information content (AvgIpc) is 1.48. The van der Waals surface area contributed by atoms with E-state index in [1.807, 2.05) is 43.3 Å². The molecule has 5 aromatic carbocycles. The zero-order valence-electron chi connectivity index (χ0n) is 54.1. The Labute approximate surface area is 547 Å². The minimum absolute atomic E-state index is 0.0242. The Hall–Kier alpha value is -6.24. The first kappa shape index (κ1) is 59.3. The number of phenolic OH excluding ortho intramolecular Hbond substituents is 3. The molecule has 20 rings (SSSR count). The summed E-state index contributed by atoms with van der Waals surface area (Å²) < 4.78 is 43.2. The fourth-order valence-electron chi connectivity index (χ4n) is 23.9. The standard InChI is InChI=1S/C80H92N2O11/c1-3-45-36-59(46-12-8-15-53(83)34-46)48(37-64(45)85)32-49-35-56(91-55-16-4-5-17-55)40-61-70(87)63(43-90-71(49)61)69-66(18-11-30-88-2)92-72-57-23-21-54(84)39-60(57)67-41-62(72)73(69)93-75-58-22-20-51(38-65(58)86)80(75)52(14-10-31-89-67)42-81-79(82-80)44-76(25-6-7-26-76)78-29-28-77-27-9-13-50(77)33-47(74(78)79)19-24-68(77)78/h8,12,15,19-24,34-37,39-41,47,50-52,55,58,63,65-66,68-70,73-75,81-87H,3-7,9,11,13,16-18,25-33,38,42-44H2,1-2H3. The van der Waals surface area contributed by atoms with Gasteiger partial charge in [-0.3, -0.25) is 10.6 Å². The molecule has 18 atom stereocenters. The predicted octanol–water partition coefficient (Wildman–Crippen LogP) is 13.6. The van der Waals surface area contributed by atoms with Gasteiger partial charge in [0.1, 0.15) is 53.0 Å². The van der Waals surface area contributed by atoms with Crippen LogP contribution in [0.25, 0.3) is 21.9 Å². The van der Waals surface area contributed by atoms with Crippen molar-refractivity contribution < 1.29 is 54.0 Å². The number of aryl methyl sites for hydroxylation is 1. The first-order valence-electron chi connectivity index (χ1n) is 36.0. The largest absolute Gasteiger partial charge is 0.508 e. The smallest absolute Gasteiger partial charge is 0.149 e. The highest BCUT2D eigenvalue weighted by Gasteiger charge is 2.81. The van der Waals surface area contributed by atoms with Crippen molar-refractivity contribution in [3.8, 4) is 63.2 Å². The highest BCUT2D eigenvalue weighted by atomic mass is 16.5. The van der Waals surface area contributed by atoms with Crippen LogP contribution in [0, 0.1) is 81.3 Å². The molecule has 8 bridgehead atoms. The number of benzene rings is 5. The van der Waals surface area contributed by atoms with Gasteiger partial charge >= 0.3 is 0 Å². The van der Waals surface area contributed by atoms with Crippen LogP contribution < -0.4 is 29.6 Å². The van der Waals surface area contributed by atoms with E-state index in [4.69, 9.17) is 33.7 Å². The third-order valence-corrected chi connectivity index (χ3v) is 27.3. The van der Waals surface area contributed by atoms with Gasteiger partial charge in [-0.1, -0.05) is 74.5 Å². The Morgan fingerprint density at radius 2 is 1.65 bits per heavy atom. The number of methoxy groups -OCH3 is 1. The summed E-state index contributed by atoms with van der Waals surface area (Å²) in [4.78, 5) is 0. The fourth-order valence-corrected chi connectivity index (χ4v) is 23.9. The Balaban J connectivity index is 0.799. The fraction of sp³-hybridized carbons (Fsp3) is 0.575. The normalized spacial score (nSPS) is 38.4. The molecule has 7 N–H and O–H groups in total. The monoisotopic (exact) mass is 1260 g/mol. The zero-order valence-corrected chi connectivity index (χ0v) is 54.1. The Morgan fingerprint density at radius 3 is 2.48 bits per heavy atom. The van der Waals surface area contributed by atoms with Crippen molar-refractivity contribution in [2.24, 2.45) is 69.5 Å². The molecule has 4 aliphatic heterocycles. The molecule has 1 saturated heterocycles. The maximum Gasteiger partial charge on any atom is 0.149 e. The van der Waals surface area contributed by atoms with Crippen molar-refractivity contribution in [3.63, 3.8) is 0 Å². The molecule has 0 amide bonds. The van der Waals surface area contributed by atoms with E-state index in [0.29, 0.717) is 102 Å². The quantitative estimate of drug-likeness (QED) is 0.0378. The lowest BCUT2D eigenvalue weighted by Gasteiger charge is -2.65. The third-order valence-electron chi connectivity index (χ3n) is 27.3. The number of aliphatic hydroxyl groups excluding tert-OH is 2. The number of hydrogen-bond donors (Lipinski definition) is 7. The summed E-state index contributed by atoms with van der Waals surface area (Å²) in [5.74, 6) is 10.8. The molecule has 93 heavy (non-hydrogen) atoms. The summed E-state index contributed by atoms with van der Waals surface area (Å²) >= 11 is 0. The van der Waals surface area contributed by atoms with E-state index in [2.05, 4.69) is 53.6 Å². The molecule has 11 aliphatic carbocycles. The molecule has 7 saturated carbocycles. The van der Waals surface area contributed by atoms with Crippen molar-refractivity contribution in [3.05, 3.63) is 125 Å². The summed E-state index contributed by atoms with van der Waals surface area (Å²) in [6, 6.07) is 22.7. The number of aliphatic hydroxyl groups is 2. The number of allylic oxidation sites excluding steroid dienone is 2. The van der Waals surface area contributed by atoms with E-state index in [1.54, 1.807) is 31.4 Å². The van der Waals surface area contributed by atoms with E-state index in [1.165, 1.54) is 64.2 Å². The Bertz CT molecular complexity index is 3930.